The highest BCUT2D eigenvalue weighted by Gasteiger charge is 2.29. The van der Waals surface area contributed by atoms with Crippen LogP contribution in [-0.2, 0) is 24.0 Å². The van der Waals surface area contributed by atoms with E-state index in [1.54, 1.807) is 13.8 Å². The lowest BCUT2D eigenvalue weighted by atomic mass is 10.0. The summed E-state index contributed by atoms with van der Waals surface area (Å²) >= 11 is 0. The van der Waals surface area contributed by atoms with E-state index in [0.717, 1.165) is 0 Å². The summed E-state index contributed by atoms with van der Waals surface area (Å²) in [6.45, 7) is 5.11. The lowest BCUT2D eigenvalue weighted by Crippen LogP contribution is -2.56. The van der Waals surface area contributed by atoms with Gasteiger partial charge >= 0.3 is 5.97 Å². The van der Waals surface area contributed by atoms with E-state index in [-0.39, 0.29) is 18.8 Å². The number of unbranched alkanes of at least 4 members (excludes halogenated alkanes) is 1. The van der Waals surface area contributed by atoms with Crippen LogP contribution in [0.5, 0.6) is 0 Å². The smallest absolute Gasteiger partial charge is 0.326 e. The third-order valence-electron chi connectivity index (χ3n) is 4.60. The Labute approximate surface area is 182 Å². The van der Waals surface area contributed by atoms with Gasteiger partial charge in [-0.05, 0) is 38.6 Å². The monoisotopic (exact) mass is 444 g/mol. The largest absolute Gasteiger partial charge is 0.480 e. The minimum atomic E-state index is -1.20. The van der Waals surface area contributed by atoms with Crippen LogP contribution in [0.2, 0.25) is 0 Å². The summed E-state index contributed by atoms with van der Waals surface area (Å²) in [5.41, 5.74) is 16.4. The van der Waals surface area contributed by atoms with Crippen molar-refractivity contribution in [2.45, 2.75) is 77.0 Å². The van der Waals surface area contributed by atoms with E-state index in [4.69, 9.17) is 17.2 Å². The van der Waals surface area contributed by atoms with Gasteiger partial charge in [-0.2, -0.15) is 0 Å². The van der Waals surface area contributed by atoms with Gasteiger partial charge in [0.15, 0.2) is 0 Å². The van der Waals surface area contributed by atoms with Crippen LogP contribution in [0.4, 0.5) is 0 Å². The van der Waals surface area contributed by atoms with E-state index in [9.17, 15) is 29.1 Å². The second-order valence-electron chi connectivity index (χ2n) is 7.76. The fourth-order valence-electron chi connectivity index (χ4n) is 2.65. The Morgan fingerprint density at radius 2 is 1.48 bits per heavy atom. The van der Waals surface area contributed by atoms with Crippen molar-refractivity contribution in [1.29, 1.82) is 0 Å². The van der Waals surface area contributed by atoms with Crippen molar-refractivity contribution in [3.05, 3.63) is 0 Å². The lowest BCUT2D eigenvalue weighted by Gasteiger charge is -2.24. The summed E-state index contributed by atoms with van der Waals surface area (Å²) in [5, 5.41) is 16.4. The van der Waals surface area contributed by atoms with E-state index in [1.165, 1.54) is 6.92 Å². The number of hydrogen-bond acceptors (Lipinski definition) is 7. The molecule has 0 aliphatic rings. The Morgan fingerprint density at radius 3 is 1.97 bits per heavy atom. The number of rotatable bonds is 15. The van der Waals surface area contributed by atoms with E-state index < -0.39 is 53.8 Å². The average Bonchev–Trinajstić information content (AvgIpc) is 2.67. The van der Waals surface area contributed by atoms with Crippen molar-refractivity contribution < 1.29 is 29.1 Å². The van der Waals surface area contributed by atoms with Crippen LogP contribution in [0.1, 0.15) is 52.9 Å². The Bertz CT molecular complexity index is 641. The molecule has 0 saturated heterocycles. The first-order valence-electron chi connectivity index (χ1n) is 10.3. The number of carbonyl (C=O) groups is 5. The van der Waals surface area contributed by atoms with Crippen molar-refractivity contribution in [2.24, 2.45) is 23.1 Å². The molecule has 0 bridgehead atoms. The molecule has 4 atom stereocenters. The highest BCUT2D eigenvalue weighted by molar-refractivity contribution is 5.94. The minimum absolute atomic E-state index is 0.0828. The Hall–Kier alpha value is -2.73. The third kappa shape index (κ3) is 11.3. The number of primary amides is 1. The summed E-state index contributed by atoms with van der Waals surface area (Å²) in [4.78, 5) is 59.6. The molecule has 0 aliphatic heterocycles. The molecular formula is C19H36N6O6. The lowest BCUT2D eigenvalue weighted by molar-refractivity contribution is -0.143. The summed E-state index contributed by atoms with van der Waals surface area (Å²) in [7, 11) is 0. The molecule has 0 spiro atoms. The third-order valence-corrected chi connectivity index (χ3v) is 4.60. The standard InChI is InChI=1S/C19H36N6O6/c1-10(2)15(19(30)31)25-16(27)11(3)23-18(29)13(7-8-14(22)26)24-17(28)12(21)6-4-5-9-20/h10-13,15H,4-9,20-21H2,1-3H3,(H2,22,26)(H,23,29)(H,24,28)(H,25,27)(H,30,31). The first kappa shape index (κ1) is 28.3. The zero-order chi connectivity index (χ0) is 24.1. The van der Waals surface area contributed by atoms with Crippen LogP contribution in [0, 0.1) is 5.92 Å². The zero-order valence-electron chi connectivity index (χ0n) is 18.3. The molecule has 0 aromatic carbocycles. The van der Waals surface area contributed by atoms with Crippen LogP contribution >= 0.6 is 0 Å². The molecule has 4 amide bonds. The van der Waals surface area contributed by atoms with Gasteiger partial charge in [-0.3, -0.25) is 19.2 Å². The molecule has 0 radical (unpaired) electrons. The number of aliphatic carboxylic acids is 1. The maximum Gasteiger partial charge on any atom is 0.326 e. The fraction of sp³-hybridized carbons (Fsp3) is 0.737. The molecule has 0 aliphatic carbocycles. The van der Waals surface area contributed by atoms with Crippen LogP contribution < -0.4 is 33.2 Å². The fourth-order valence-corrected chi connectivity index (χ4v) is 2.65. The van der Waals surface area contributed by atoms with E-state index in [1.807, 2.05) is 0 Å². The number of nitrogens with two attached hydrogens (primary N) is 3. The van der Waals surface area contributed by atoms with Crippen molar-refractivity contribution in [1.82, 2.24) is 16.0 Å². The van der Waals surface area contributed by atoms with Gasteiger partial charge in [-0.1, -0.05) is 20.3 Å². The van der Waals surface area contributed by atoms with Gasteiger partial charge in [0.1, 0.15) is 18.1 Å². The second-order valence-corrected chi connectivity index (χ2v) is 7.76. The first-order valence-corrected chi connectivity index (χ1v) is 10.3. The van der Waals surface area contributed by atoms with E-state index in [0.29, 0.717) is 25.8 Å². The molecule has 0 aromatic rings. The number of amides is 4. The Balaban J connectivity index is 5.06. The van der Waals surface area contributed by atoms with Gasteiger partial charge in [0.05, 0.1) is 6.04 Å². The number of carbonyl (C=O) groups excluding carboxylic acids is 4. The number of hydrogen-bond donors (Lipinski definition) is 7. The Morgan fingerprint density at radius 1 is 0.871 bits per heavy atom. The molecule has 0 saturated carbocycles. The Kier molecular flexibility index (Phi) is 13.0. The van der Waals surface area contributed by atoms with E-state index in [2.05, 4.69) is 16.0 Å². The van der Waals surface area contributed by atoms with Gasteiger partial charge < -0.3 is 38.3 Å². The van der Waals surface area contributed by atoms with Gasteiger partial charge in [0.2, 0.25) is 23.6 Å². The molecule has 0 aromatic heterocycles. The van der Waals surface area contributed by atoms with Gasteiger partial charge in [-0.15, -0.1) is 0 Å². The molecule has 178 valence electrons. The van der Waals surface area contributed by atoms with Crippen molar-refractivity contribution in [2.75, 3.05) is 6.54 Å². The molecule has 4 unspecified atom stereocenters. The molecule has 0 fully saturated rings. The maximum absolute atomic E-state index is 12.6. The van der Waals surface area contributed by atoms with Gasteiger partial charge in [-0.25, -0.2) is 4.79 Å². The summed E-state index contributed by atoms with van der Waals surface area (Å²) < 4.78 is 0. The maximum atomic E-state index is 12.6. The number of carboxylic acid groups (broad SMARTS) is 1. The second kappa shape index (κ2) is 14.3. The molecule has 0 heterocycles. The molecule has 31 heavy (non-hydrogen) atoms. The number of nitrogens with one attached hydrogen (secondary N) is 3. The highest BCUT2D eigenvalue weighted by Crippen LogP contribution is 2.04. The topological polar surface area (TPSA) is 220 Å². The van der Waals surface area contributed by atoms with Crippen molar-refractivity contribution >= 4 is 29.6 Å². The summed E-state index contributed by atoms with van der Waals surface area (Å²) in [5.74, 6) is -4.23. The predicted molar refractivity (Wildman–Crippen MR) is 113 cm³/mol. The minimum Gasteiger partial charge on any atom is -0.480 e. The van der Waals surface area contributed by atoms with Crippen LogP contribution in [0.3, 0.4) is 0 Å². The molecule has 0 rings (SSSR count). The zero-order valence-corrected chi connectivity index (χ0v) is 18.3. The van der Waals surface area contributed by atoms with Crippen LogP contribution in [0.15, 0.2) is 0 Å². The SMILES string of the molecule is CC(NC(=O)C(CCC(N)=O)NC(=O)C(N)CCCCN)C(=O)NC(C(=O)O)C(C)C. The average molecular weight is 445 g/mol. The molecular weight excluding hydrogens is 408 g/mol. The van der Waals surface area contributed by atoms with Crippen LogP contribution in [0.25, 0.3) is 0 Å². The summed E-state index contributed by atoms with van der Waals surface area (Å²) in [6.07, 6.45) is 1.46. The molecule has 12 heteroatoms. The number of carboxylic acids is 1. The van der Waals surface area contributed by atoms with Crippen LogP contribution in [-0.4, -0.2) is 65.4 Å². The van der Waals surface area contributed by atoms with Gasteiger partial charge in [0, 0.05) is 6.42 Å². The quantitative estimate of drug-likeness (QED) is 0.139. The normalized spacial score (nSPS) is 14.8. The highest BCUT2D eigenvalue weighted by atomic mass is 16.4. The van der Waals surface area contributed by atoms with Crippen molar-refractivity contribution in [3.63, 3.8) is 0 Å². The van der Waals surface area contributed by atoms with Gasteiger partial charge in [0.25, 0.3) is 0 Å². The van der Waals surface area contributed by atoms with E-state index >= 15 is 0 Å². The first-order chi connectivity index (χ1) is 14.4. The molecule has 12 nitrogen and oxygen atoms in total. The van der Waals surface area contributed by atoms with Crippen molar-refractivity contribution in [3.8, 4) is 0 Å². The molecule has 10 N–H and O–H groups in total. The summed E-state index contributed by atoms with van der Waals surface area (Å²) in [6, 6.07) is -4.21. The predicted octanol–water partition coefficient (Wildman–Crippen LogP) is -2.08.